The Kier molecular flexibility index (Phi) is 4.40. The fourth-order valence-electron chi connectivity index (χ4n) is 2.84. The van der Waals surface area contributed by atoms with Crippen LogP contribution in [0.15, 0.2) is 18.5 Å². The summed E-state index contributed by atoms with van der Waals surface area (Å²) in [5.74, 6) is 0. The standard InChI is InChI=1S/C14H25N3O/c1-14(2)7-4-3-6-13(14)15-10-12(18)11-17-9-5-8-16-17/h5,8-9,12-13,15,18H,3-4,6-7,10-11H2,1-2H3. The normalized spacial score (nSPS) is 24.9. The summed E-state index contributed by atoms with van der Waals surface area (Å²) in [6, 6.07) is 2.41. The van der Waals surface area contributed by atoms with Gasteiger partial charge in [0.15, 0.2) is 0 Å². The fourth-order valence-corrected chi connectivity index (χ4v) is 2.84. The highest BCUT2D eigenvalue weighted by Gasteiger charge is 2.31. The molecule has 4 nitrogen and oxygen atoms in total. The number of nitrogens with zero attached hydrogens (tertiary/aromatic N) is 2. The molecule has 1 saturated carbocycles. The molecule has 1 aromatic heterocycles. The van der Waals surface area contributed by atoms with Crippen molar-refractivity contribution in [3.8, 4) is 0 Å². The van der Waals surface area contributed by atoms with Crippen molar-refractivity contribution < 1.29 is 5.11 Å². The van der Waals surface area contributed by atoms with Gasteiger partial charge in [-0.05, 0) is 24.3 Å². The molecule has 18 heavy (non-hydrogen) atoms. The van der Waals surface area contributed by atoms with E-state index < -0.39 is 0 Å². The first-order valence-corrected chi connectivity index (χ1v) is 6.97. The van der Waals surface area contributed by atoms with Crippen molar-refractivity contribution in [3.05, 3.63) is 18.5 Å². The number of hydrogen-bond acceptors (Lipinski definition) is 3. The van der Waals surface area contributed by atoms with Gasteiger partial charge in [-0.2, -0.15) is 5.10 Å². The molecule has 2 rings (SSSR count). The molecule has 1 heterocycles. The molecule has 1 aromatic rings. The molecule has 102 valence electrons. The second-order valence-corrected chi connectivity index (χ2v) is 6.08. The maximum absolute atomic E-state index is 10.00. The van der Waals surface area contributed by atoms with Crippen molar-refractivity contribution in [3.63, 3.8) is 0 Å². The topological polar surface area (TPSA) is 50.1 Å². The van der Waals surface area contributed by atoms with Crippen molar-refractivity contribution in [1.29, 1.82) is 0 Å². The van der Waals surface area contributed by atoms with Crippen LogP contribution in [0.1, 0.15) is 39.5 Å². The van der Waals surface area contributed by atoms with E-state index >= 15 is 0 Å². The Morgan fingerprint density at radius 3 is 3.00 bits per heavy atom. The lowest BCUT2D eigenvalue weighted by molar-refractivity contribution is 0.113. The van der Waals surface area contributed by atoms with Crippen LogP contribution in [0.2, 0.25) is 0 Å². The van der Waals surface area contributed by atoms with Crippen LogP contribution in [0.5, 0.6) is 0 Å². The van der Waals surface area contributed by atoms with Crippen molar-refractivity contribution in [2.45, 2.75) is 58.2 Å². The molecule has 2 N–H and O–H groups in total. The van der Waals surface area contributed by atoms with Crippen LogP contribution in [0.3, 0.4) is 0 Å². The van der Waals surface area contributed by atoms with Gasteiger partial charge >= 0.3 is 0 Å². The van der Waals surface area contributed by atoms with E-state index in [-0.39, 0.29) is 6.10 Å². The van der Waals surface area contributed by atoms with E-state index in [1.807, 2.05) is 12.3 Å². The first-order chi connectivity index (χ1) is 8.58. The molecule has 0 radical (unpaired) electrons. The first-order valence-electron chi connectivity index (χ1n) is 6.97. The fraction of sp³-hybridized carbons (Fsp3) is 0.786. The van der Waals surface area contributed by atoms with Crippen LogP contribution < -0.4 is 5.32 Å². The molecule has 0 spiro atoms. The monoisotopic (exact) mass is 251 g/mol. The number of rotatable bonds is 5. The van der Waals surface area contributed by atoms with Crippen LogP contribution in [-0.4, -0.2) is 33.6 Å². The Labute approximate surface area is 109 Å². The average molecular weight is 251 g/mol. The van der Waals surface area contributed by atoms with Crippen molar-refractivity contribution in [2.24, 2.45) is 5.41 Å². The molecule has 0 saturated heterocycles. The third-order valence-corrected chi connectivity index (χ3v) is 4.06. The predicted octanol–water partition coefficient (Wildman–Crippen LogP) is 1.80. The SMILES string of the molecule is CC1(C)CCCCC1NCC(O)Cn1cccn1. The molecule has 1 fully saturated rings. The van der Waals surface area contributed by atoms with Gasteiger partial charge in [-0.1, -0.05) is 26.7 Å². The van der Waals surface area contributed by atoms with E-state index in [1.54, 1.807) is 10.9 Å². The Bertz CT molecular complexity index is 348. The van der Waals surface area contributed by atoms with Crippen LogP contribution in [-0.2, 0) is 6.54 Å². The van der Waals surface area contributed by atoms with E-state index in [4.69, 9.17) is 0 Å². The summed E-state index contributed by atoms with van der Waals surface area (Å²) < 4.78 is 1.78. The lowest BCUT2D eigenvalue weighted by Crippen LogP contribution is -2.47. The second kappa shape index (κ2) is 5.85. The van der Waals surface area contributed by atoms with Gasteiger partial charge in [-0.25, -0.2) is 0 Å². The lowest BCUT2D eigenvalue weighted by atomic mass is 9.73. The Morgan fingerprint density at radius 2 is 2.33 bits per heavy atom. The highest BCUT2D eigenvalue weighted by atomic mass is 16.3. The minimum absolute atomic E-state index is 0.351. The van der Waals surface area contributed by atoms with Gasteiger partial charge in [-0.15, -0.1) is 0 Å². The largest absolute Gasteiger partial charge is 0.390 e. The molecule has 4 heteroatoms. The predicted molar refractivity (Wildman–Crippen MR) is 72.3 cm³/mol. The molecular weight excluding hydrogens is 226 g/mol. The summed E-state index contributed by atoms with van der Waals surface area (Å²) in [7, 11) is 0. The van der Waals surface area contributed by atoms with Crippen LogP contribution in [0, 0.1) is 5.41 Å². The zero-order valence-electron chi connectivity index (χ0n) is 11.5. The van der Waals surface area contributed by atoms with Crippen molar-refractivity contribution in [2.75, 3.05) is 6.54 Å². The van der Waals surface area contributed by atoms with E-state index in [2.05, 4.69) is 24.3 Å². The third kappa shape index (κ3) is 3.56. The zero-order chi connectivity index (χ0) is 13.0. The number of aliphatic hydroxyl groups is 1. The van der Waals surface area contributed by atoms with Crippen molar-refractivity contribution >= 4 is 0 Å². The summed E-state index contributed by atoms with van der Waals surface area (Å²) >= 11 is 0. The van der Waals surface area contributed by atoms with E-state index in [1.165, 1.54) is 25.7 Å². The van der Waals surface area contributed by atoms with Gasteiger partial charge in [0.05, 0.1) is 12.6 Å². The molecule has 1 aliphatic carbocycles. The van der Waals surface area contributed by atoms with Gasteiger partial charge in [0.25, 0.3) is 0 Å². The maximum atomic E-state index is 10.00. The molecule has 0 amide bonds. The van der Waals surface area contributed by atoms with Gasteiger partial charge in [0, 0.05) is 25.0 Å². The molecule has 0 aliphatic heterocycles. The molecule has 2 unspecified atom stereocenters. The van der Waals surface area contributed by atoms with Gasteiger partial charge in [0.2, 0.25) is 0 Å². The molecular formula is C14H25N3O. The summed E-state index contributed by atoms with van der Waals surface area (Å²) in [6.45, 7) is 5.86. The molecule has 2 atom stereocenters. The summed E-state index contributed by atoms with van der Waals surface area (Å²) in [5, 5.41) is 17.6. The van der Waals surface area contributed by atoms with Gasteiger partial charge in [0.1, 0.15) is 0 Å². The van der Waals surface area contributed by atoms with Gasteiger partial charge in [-0.3, -0.25) is 4.68 Å². The number of aliphatic hydroxyl groups excluding tert-OH is 1. The summed E-state index contributed by atoms with van der Waals surface area (Å²) in [4.78, 5) is 0. The Balaban J connectivity index is 1.76. The quantitative estimate of drug-likeness (QED) is 0.839. The second-order valence-electron chi connectivity index (χ2n) is 6.08. The van der Waals surface area contributed by atoms with Crippen molar-refractivity contribution in [1.82, 2.24) is 15.1 Å². The van der Waals surface area contributed by atoms with E-state index in [0.717, 1.165) is 0 Å². The zero-order valence-corrected chi connectivity index (χ0v) is 11.5. The Morgan fingerprint density at radius 1 is 1.50 bits per heavy atom. The highest BCUT2D eigenvalue weighted by Crippen LogP contribution is 2.35. The lowest BCUT2D eigenvalue weighted by Gasteiger charge is -2.39. The van der Waals surface area contributed by atoms with E-state index in [9.17, 15) is 5.11 Å². The van der Waals surface area contributed by atoms with Crippen LogP contribution >= 0.6 is 0 Å². The summed E-state index contributed by atoms with van der Waals surface area (Å²) in [5.41, 5.74) is 0.351. The number of nitrogens with one attached hydrogen (secondary N) is 1. The Hall–Kier alpha value is -0.870. The van der Waals surface area contributed by atoms with E-state index in [0.29, 0.717) is 24.5 Å². The molecule has 0 bridgehead atoms. The smallest absolute Gasteiger partial charge is 0.0860 e. The third-order valence-electron chi connectivity index (χ3n) is 4.06. The maximum Gasteiger partial charge on any atom is 0.0860 e. The number of hydrogen-bond donors (Lipinski definition) is 2. The molecule has 1 aliphatic rings. The summed E-state index contributed by atoms with van der Waals surface area (Å²) in [6.07, 6.45) is 8.39. The average Bonchev–Trinajstić information content (AvgIpc) is 2.80. The van der Waals surface area contributed by atoms with Crippen LogP contribution in [0.4, 0.5) is 0 Å². The minimum atomic E-state index is -0.373. The minimum Gasteiger partial charge on any atom is -0.390 e. The first kappa shape index (κ1) is 13.6. The highest BCUT2D eigenvalue weighted by molar-refractivity contribution is 4.88. The number of aromatic nitrogens is 2. The molecule has 0 aromatic carbocycles. The van der Waals surface area contributed by atoms with Gasteiger partial charge < -0.3 is 10.4 Å². The van der Waals surface area contributed by atoms with Crippen LogP contribution in [0.25, 0.3) is 0 Å².